The minimum atomic E-state index is -0.219. The Hall–Kier alpha value is -2.72. The smallest absolute Gasteiger partial charge is 0.267 e. The third-order valence-corrected chi connectivity index (χ3v) is 5.44. The van der Waals surface area contributed by atoms with Gasteiger partial charge in [-0.05, 0) is 43.9 Å². The molecule has 0 spiro atoms. The van der Waals surface area contributed by atoms with E-state index in [9.17, 15) is 4.79 Å². The summed E-state index contributed by atoms with van der Waals surface area (Å²) in [6.07, 6.45) is 6.68. The van der Waals surface area contributed by atoms with E-state index in [-0.39, 0.29) is 5.91 Å². The summed E-state index contributed by atoms with van der Waals surface area (Å²) in [5, 5.41) is 5.83. The first-order valence-corrected chi connectivity index (χ1v) is 10.1. The number of nitrogens with one attached hydrogen (secondary N) is 1. The Kier molecular flexibility index (Phi) is 5.68. The van der Waals surface area contributed by atoms with Crippen LogP contribution in [0.25, 0.3) is 22.2 Å². The molecule has 0 unspecified atom stereocenters. The van der Waals surface area contributed by atoms with Crippen LogP contribution in [0.5, 0.6) is 0 Å². The van der Waals surface area contributed by atoms with Crippen LogP contribution in [-0.2, 0) is 0 Å². The molecule has 0 bridgehead atoms. The van der Waals surface area contributed by atoms with Crippen LogP contribution in [0.1, 0.15) is 48.9 Å². The molecule has 2 aromatic carbocycles. The molecule has 142 valence electrons. The van der Waals surface area contributed by atoms with Crippen LogP contribution < -0.4 is 5.43 Å². The van der Waals surface area contributed by atoms with E-state index in [0.717, 1.165) is 47.9 Å². The number of nitrogens with zero attached hydrogens (tertiary/aromatic N) is 2. The summed E-state index contributed by atoms with van der Waals surface area (Å²) in [6.45, 7) is 0. The molecule has 0 atom stereocenters. The second kappa shape index (κ2) is 8.53. The van der Waals surface area contributed by atoms with Crippen LogP contribution in [0.2, 0.25) is 5.02 Å². The second-order valence-electron chi connectivity index (χ2n) is 7.09. The molecular weight excluding hydrogens is 370 g/mol. The number of rotatable bonds is 3. The average molecular weight is 392 g/mol. The van der Waals surface area contributed by atoms with Gasteiger partial charge in [0.2, 0.25) is 0 Å². The molecule has 1 heterocycles. The van der Waals surface area contributed by atoms with E-state index in [2.05, 4.69) is 10.5 Å². The van der Waals surface area contributed by atoms with Gasteiger partial charge in [-0.15, -0.1) is 0 Å². The van der Waals surface area contributed by atoms with Crippen molar-refractivity contribution in [3.05, 3.63) is 65.2 Å². The quantitative estimate of drug-likeness (QED) is 0.440. The summed E-state index contributed by atoms with van der Waals surface area (Å²) in [4.78, 5) is 17.7. The van der Waals surface area contributed by atoms with Gasteiger partial charge in [0.05, 0.1) is 16.8 Å². The summed E-state index contributed by atoms with van der Waals surface area (Å²) < 4.78 is 0. The molecule has 1 aliphatic rings. The molecule has 1 N–H and O–H groups in total. The molecule has 1 aliphatic carbocycles. The number of hydrogen-bond acceptors (Lipinski definition) is 3. The number of carbonyl (C=O) groups excluding carboxylic acids is 1. The van der Waals surface area contributed by atoms with Gasteiger partial charge in [-0.1, -0.05) is 60.8 Å². The Labute approximate surface area is 169 Å². The van der Waals surface area contributed by atoms with Crippen molar-refractivity contribution in [2.75, 3.05) is 0 Å². The van der Waals surface area contributed by atoms with Gasteiger partial charge in [-0.2, -0.15) is 5.10 Å². The maximum Gasteiger partial charge on any atom is 0.272 e. The summed E-state index contributed by atoms with van der Waals surface area (Å²) in [7, 11) is 0. The fourth-order valence-corrected chi connectivity index (χ4v) is 3.84. The normalized spacial score (nSPS) is 14.5. The molecular formula is C23H22ClN3O. The molecule has 28 heavy (non-hydrogen) atoms. The van der Waals surface area contributed by atoms with E-state index in [1.807, 2.05) is 48.5 Å². The van der Waals surface area contributed by atoms with Crippen molar-refractivity contribution in [3.8, 4) is 11.3 Å². The Morgan fingerprint density at radius 3 is 2.46 bits per heavy atom. The molecule has 4 rings (SSSR count). The third-order valence-electron chi connectivity index (χ3n) is 5.11. The van der Waals surface area contributed by atoms with E-state index in [1.165, 1.54) is 12.8 Å². The molecule has 0 aliphatic heterocycles. The van der Waals surface area contributed by atoms with Crippen molar-refractivity contribution in [2.45, 2.75) is 38.5 Å². The van der Waals surface area contributed by atoms with E-state index >= 15 is 0 Å². The number of carbonyl (C=O) groups is 1. The summed E-state index contributed by atoms with van der Waals surface area (Å²) in [5.41, 5.74) is 6.64. The van der Waals surface area contributed by atoms with Gasteiger partial charge >= 0.3 is 0 Å². The SMILES string of the molecule is O=C(NN=C1CCCCCC1)c1cc(-c2ccccc2Cl)nc2ccccc12. The lowest BCUT2D eigenvalue weighted by atomic mass is 10.0. The maximum absolute atomic E-state index is 13.0. The zero-order valence-electron chi connectivity index (χ0n) is 15.6. The first-order valence-electron chi connectivity index (χ1n) is 9.73. The highest BCUT2D eigenvalue weighted by atomic mass is 35.5. The van der Waals surface area contributed by atoms with Gasteiger partial charge in [-0.3, -0.25) is 4.79 Å². The van der Waals surface area contributed by atoms with E-state index in [1.54, 1.807) is 6.07 Å². The van der Waals surface area contributed by atoms with E-state index in [4.69, 9.17) is 16.6 Å². The predicted octanol–water partition coefficient (Wildman–Crippen LogP) is 6.00. The molecule has 4 nitrogen and oxygen atoms in total. The molecule has 1 fully saturated rings. The zero-order chi connectivity index (χ0) is 19.3. The average Bonchev–Trinajstić information content (AvgIpc) is 3.00. The molecule has 0 radical (unpaired) electrons. The minimum Gasteiger partial charge on any atom is -0.267 e. The Morgan fingerprint density at radius 2 is 1.68 bits per heavy atom. The van der Waals surface area contributed by atoms with E-state index in [0.29, 0.717) is 16.3 Å². The number of hydrazone groups is 1. The van der Waals surface area contributed by atoms with Crippen molar-refractivity contribution >= 4 is 34.1 Å². The lowest BCUT2D eigenvalue weighted by Crippen LogP contribution is -2.20. The van der Waals surface area contributed by atoms with Crippen LogP contribution >= 0.6 is 11.6 Å². The van der Waals surface area contributed by atoms with Crippen LogP contribution in [0, 0.1) is 0 Å². The predicted molar refractivity (Wildman–Crippen MR) is 115 cm³/mol. The van der Waals surface area contributed by atoms with Crippen molar-refractivity contribution in [2.24, 2.45) is 5.10 Å². The summed E-state index contributed by atoms with van der Waals surface area (Å²) >= 11 is 6.36. The van der Waals surface area contributed by atoms with Crippen molar-refractivity contribution < 1.29 is 4.79 Å². The number of pyridine rings is 1. The molecule has 3 aromatic rings. The second-order valence-corrected chi connectivity index (χ2v) is 7.49. The van der Waals surface area contributed by atoms with Gasteiger partial charge in [0.15, 0.2) is 0 Å². The summed E-state index contributed by atoms with van der Waals surface area (Å²) in [6, 6.07) is 17.0. The maximum atomic E-state index is 13.0. The molecule has 1 amide bonds. The number of aromatic nitrogens is 1. The number of benzene rings is 2. The highest BCUT2D eigenvalue weighted by Crippen LogP contribution is 2.29. The van der Waals surface area contributed by atoms with Crippen LogP contribution in [0.3, 0.4) is 0 Å². The van der Waals surface area contributed by atoms with Gasteiger partial charge in [-0.25, -0.2) is 10.4 Å². The summed E-state index contributed by atoms with van der Waals surface area (Å²) in [5.74, 6) is -0.219. The Morgan fingerprint density at radius 1 is 0.964 bits per heavy atom. The number of hydrogen-bond donors (Lipinski definition) is 1. The van der Waals surface area contributed by atoms with Crippen LogP contribution in [0.15, 0.2) is 59.7 Å². The van der Waals surface area contributed by atoms with Crippen LogP contribution in [0.4, 0.5) is 0 Å². The lowest BCUT2D eigenvalue weighted by Gasteiger charge is -2.10. The van der Waals surface area contributed by atoms with Crippen molar-refractivity contribution in [1.29, 1.82) is 0 Å². The van der Waals surface area contributed by atoms with Gasteiger partial charge < -0.3 is 0 Å². The highest BCUT2D eigenvalue weighted by molar-refractivity contribution is 6.33. The van der Waals surface area contributed by atoms with Crippen molar-refractivity contribution in [1.82, 2.24) is 10.4 Å². The van der Waals surface area contributed by atoms with Crippen LogP contribution in [-0.4, -0.2) is 16.6 Å². The fourth-order valence-electron chi connectivity index (χ4n) is 3.61. The highest BCUT2D eigenvalue weighted by Gasteiger charge is 2.15. The number of fused-ring (bicyclic) bond motifs is 1. The first-order chi connectivity index (χ1) is 13.7. The fraction of sp³-hybridized carbons (Fsp3) is 0.261. The molecule has 1 saturated carbocycles. The minimum absolute atomic E-state index is 0.219. The third kappa shape index (κ3) is 4.07. The van der Waals surface area contributed by atoms with Gasteiger partial charge in [0, 0.05) is 21.7 Å². The van der Waals surface area contributed by atoms with Crippen molar-refractivity contribution in [3.63, 3.8) is 0 Å². The number of halogens is 1. The molecule has 5 heteroatoms. The Balaban J connectivity index is 1.72. The standard InChI is InChI=1S/C23H22ClN3O/c24-20-13-7-5-12-18(20)22-15-19(17-11-6-8-14-21(17)25-22)23(28)27-26-16-9-3-1-2-4-10-16/h5-8,11-15H,1-4,9-10H2,(H,27,28). The first kappa shape index (κ1) is 18.6. The monoisotopic (exact) mass is 391 g/mol. The number of para-hydroxylation sites is 1. The molecule has 1 aromatic heterocycles. The zero-order valence-corrected chi connectivity index (χ0v) is 16.4. The number of amides is 1. The largest absolute Gasteiger partial charge is 0.272 e. The van der Waals surface area contributed by atoms with Gasteiger partial charge in [0.25, 0.3) is 5.91 Å². The Bertz CT molecular complexity index is 1030. The van der Waals surface area contributed by atoms with Gasteiger partial charge in [0.1, 0.15) is 0 Å². The molecule has 0 saturated heterocycles. The lowest BCUT2D eigenvalue weighted by molar-refractivity contribution is 0.0956. The topological polar surface area (TPSA) is 54.4 Å². The van der Waals surface area contributed by atoms with E-state index < -0.39 is 0 Å².